The number of aromatic carboxylic acids is 1. The molecule has 4 rings (SSSR count). The van der Waals surface area contributed by atoms with E-state index in [-0.39, 0.29) is 23.6 Å². The van der Waals surface area contributed by atoms with Crippen LogP contribution >= 0.6 is 0 Å². The highest BCUT2D eigenvalue weighted by atomic mass is 16.6. The molecule has 2 N–H and O–H groups in total. The number of para-hydroxylation sites is 1. The van der Waals surface area contributed by atoms with E-state index in [0.717, 1.165) is 5.56 Å². The lowest BCUT2D eigenvalue weighted by Gasteiger charge is -2.09. The van der Waals surface area contributed by atoms with Crippen LogP contribution in [0.4, 0.5) is 5.69 Å². The van der Waals surface area contributed by atoms with Crippen molar-refractivity contribution in [2.75, 3.05) is 0 Å². The number of ether oxygens (including phenoxy) is 1. The van der Waals surface area contributed by atoms with Crippen molar-refractivity contribution in [1.82, 2.24) is 5.43 Å². The molecule has 10 heteroatoms. The molecule has 170 valence electrons. The third kappa shape index (κ3) is 5.07. The molecule has 0 saturated carbocycles. The molecule has 3 aromatic carbocycles. The summed E-state index contributed by atoms with van der Waals surface area (Å²) in [4.78, 5) is 33.7. The summed E-state index contributed by atoms with van der Waals surface area (Å²) in [6, 6.07) is 18.8. The number of carboxylic acid groups (broad SMARTS) is 1. The Morgan fingerprint density at radius 2 is 1.85 bits per heavy atom. The predicted molar refractivity (Wildman–Crippen MR) is 122 cm³/mol. The number of nitrogens with zero attached hydrogens (tertiary/aromatic N) is 2. The molecule has 1 amide bonds. The van der Waals surface area contributed by atoms with Crippen molar-refractivity contribution in [2.24, 2.45) is 5.10 Å². The lowest BCUT2D eigenvalue weighted by molar-refractivity contribution is -0.384. The van der Waals surface area contributed by atoms with Gasteiger partial charge in [-0.1, -0.05) is 24.3 Å². The zero-order valence-corrected chi connectivity index (χ0v) is 17.5. The highest BCUT2D eigenvalue weighted by Crippen LogP contribution is 2.24. The van der Waals surface area contributed by atoms with Crippen LogP contribution in [-0.2, 0) is 6.61 Å². The van der Waals surface area contributed by atoms with Crippen LogP contribution in [0.25, 0.3) is 11.0 Å². The van der Waals surface area contributed by atoms with Gasteiger partial charge in [-0.05, 0) is 42.0 Å². The van der Waals surface area contributed by atoms with Gasteiger partial charge in [0, 0.05) is 23.1 Å². The molecule has 1 aromatic heterocycles. The van der Waals surface area contributed by atoms with Crippen LogP contribution in [0.3, 0.4) is 0 Å². The van der Waals surface area contributed by atoms with Crippen molar-refractivity contribution < 1.29 is 28.8 Å². The summed E-state index contributed by atoms with van der Waals surface area (Å²) in [7, 11) is 0. The lowest BCUT2D eigenvalue weighted by Crippen LogP contribution is -2.16. The Morgan fingerprint density at radius 3 is 2.59 bits per heavy atom. The van der Waals surface area contributed by atoms with Crippen LogP contribution < -0.4 is 10.2 Å². The number of hydrogen-bond acceptors (Lipinski definition) is 7. The number of furan rings is 1. The molecule has 0 atom stereocenters. The van der Waals surface area contributed by atoms with Crippen molar-refractivity contribution in [3.05, 3.63) is 105 Å². The molecule has 0 fully saturated rings. The second-order valence-electron chi connectivity index (χ2n) is 7.12. The normalized spacial score (nSPS) is 10.9. The minimum atomic E-state index is -1.000. The number of carbonyl (C=O) groups is 2. The summed E-state index contributed by atoms with van der Waals surface area (Å²) in [6.07, 6.45) is 1.41. The molecule has 0 radical (unpaired) electrons. The van der Waals surface area contributed by atoms with Crippen molar-refractivity contribution in [3.8, 4) is 5.75 Å². The van der Waals surface area contributed by atoms with E-state index in [9.17, 15) is 19.7 Å². The maximum Gasteiger partial charge on any atom is 0.335 e. The SMILES string of the molecule is O=C(O)c1ccc(COc2ccccc2/C=N/NC(=O)c2cc3cc([N+](=O)[O-])ccc3o2)cc1. The number of fused-ring (bicyclic) bond motifs is 1. The number of hydrogen-bond donors (Lipinski definition) is 2. The molecule has 10 nitrogen and oxygen atoms in total. The fourth-order valence-corrected chi connectivity index (χ4v) is 3.10. The Hall–Kier alpha value is -4.99. The first kappa shape index (κ1) is 22.2. The number of nitrogens with one attached hydrogen (secondary N) is 1. The number of benzene rings is 3. The molecule has 1 heterocycles. The number of carboxylic acids is 1. The minimum absolute atomic E-state index is 0.0398. The molecule has 0 saturated heterocycles. The van der Waals surface area contributed by atoms with Gasteiger partial charge >= 0.3 is 11.9 Å². The first-order valence-electron chi connectivity index (χ1n) is 9.96. The zero-order chi connectivity index (χ0) is 24.1. The van der Waals surface area contributed by atoms with Crippen LogP contribution in [0, 0.1) is 10.1 Å². The van der Waals surface area contributed by atoms with E-state index in [1.54, 1.807) is 36.4 Å². The Balaban J connectivity index is 1.41. The van der Waals surface area contributed by atoms with Crippen molar-refractivity contribution >= 4 is 34.7 Å². The van der Waals surface area contributed by atoms with Gasteiger partial charge in [0.2, 0.25) is 0 Å². The van der Waals surface area contributed by atoms with Crippen molar-refractivity contribution in [1.29, 1.82) is 0 Å². The topological polar surface area (TPSA) is 144 Å². The quantitative estimate of drug-likeness (QED) is 0.226. The second-order valence-corrected chi connectivity index (χ2v) is 7.12. The van der Waals surface area contributed by atoms with Gasteiger partial charge in [-0.2, -0.15) is 5.10 Å². The number of rotatable bonds is 8. The fraction of sp³-hybridized carbons (Fsp3) is 0.0417. The second kappa shape index (κ2) is 9.65. The molecule has 0 spiro atoms. The highest BCUT2D eigenvalue weighted by molar-refractivity contribution is 5.97. The predicted octanol–water partition coefficient (Wildman–Crippen LogP) is 4.38. The Labute approximate surface area is 192 Å². The number of nitro groups is 1. The summed E-state index contributed by atoms with van der Waals surface area (Å²) in [5.41, 5.74) is 4.17. The van der Waals surface area contributed by atoms with E-state index in [1.807, 2.05) is 0 Å². The monoisotopic (exact) mass is 459 g/mol. The number of nitro benzene ring substituents is 1. The van der Waals surface area contributed by atoms with Crippen LogP contribution in [0.2, 0.25) is 0 Å². The molecular formula is C24H17N3O7. The van der Waals surface area contributed by atoms with Crippen LogP contribution in [0.5, 0.6) is 5.75 Å². The summed E-state index contributed by atoms with van der Waals surface area (Å²) in [5, 5.41) is 24.2. The average molecular weight is 459 g/mol. The van der Waals surface area contributed by atoms with Gasteiger partial charge in [0.05, 0.1) is 16.7 Å². The molecule has 0 aliphatic carbocycles. The summed E-state index contributed by atoms with van der Waals surface area (Å²) < 4.78 is 11.2. The van der Waals surface area contributed by atoms with E-state index >= 15 is 0 Å². The van der Waals surface area contributed by atoms with E-state index in [4.69, 9.17) is 14.3 Å². The first-order chi connectivity index (χ1) is 16.4. The van der Waals surface area contributed by atoms with Gasteiger partial charge in [-0.3, -0.25) is 14.9 Å². The Morgan fingerprint density at radius 1 is 1.09 bits per heavy atom. The van der Waals surface area contributed by atoms with Gasteiger partial charge < -0.3 is 14.3 Å². The summed E-state index contributed by atoms with van der Waals surface area (Å²) >= 11 is 0. The molecule has 0 aliphatic rings. The molecule has 0 unspecified atom stereocenters. The zero-order valence-electron chi connectivity index (χ0n) is 17.5. The van der Waals surface area contributed by atoms with E-state index in [0.29, 0.717) is 22.3 Å². The Kier molecular flexibility index (Phi) is 6.31. The van der Waals surface area contributed by atoms with Gasteiger partial charge in [-0.25, -0.2) is 10.2 Å². The third-order valence-corrected chi connectivity index (χ3v) is 4.82. The van der Waals surface area contributed by atoms with Crippen LogP contribution in [0.1, 0.15) is 32.0 Å². The molecule has 0 bridgehead atoms. The van der Waals surface area contributed by atoms with Gasteiger partial charge in [0.1, 0.15) is 17.9 Å². The number of carbonyl (C=O) groups excluding carboxylic acids is 1. The summed E-state index contributed by atoms with van der Waals surface area (Å²) in [6.45, 7) is 0.211. The maximum atomic E-state index is 12.4. The largest absolute Gasteiger partial charge is 0.488 e. The van der Waals surface area contributed by atoms with E-state index < -0.39 is 16.8 Å². The smallest absolute Gasteiger partial charge is 0.335 e. The molecule has 4 aromatic rings. The number of amides is 1. The third-order valence-electron chi connectivity index (χ3n) is 4.82. The number of hydrazone groups is 1. The van der Waals surface area contributed by atoms with Gasteiger partial charge in [0.15, 0.2) is 5.76 Å². The van der Waals surface area contributed by atoms with Gasteiger partial charge in [0.25, 0.3) is 5.69 Å². The Bertz CT molecular complexity index is 1410. The van der Waals surface area contributed by atoms with E-state index in [2.05, 4.69) is 10.5 Å². The summed E-state index contributed by atoms with van der Waals surface area (Å²) in [5.74, 6) is -1.15. The lowest BCUT2D eigenvalue weighted by atomic mass is 10.1. The maximum absolute atomic E-state index is 12.4. The highest BCUT2D eigenvalue weighted by Gasteiger charge is 2.14. The number of non-ortho nitro benzene ring substituents is 1. The standard InChI is InChI=1S/C24H17N3O7/c28-23(22-12-18-11-19(27(31)32)9-10-21(18)34-22)26-25-13-17-3-1-2-4-20(17)33-14-15-5-7-16(8-6-15)24(29)30/h1-13H,14H2,(H,26,28)(H,29,30)/b25-13+. The fourth-order valence-electron chi connectivity index (χ4n) is 3.10. The van der Waals surface area contributed by atoms with Crippen molar-refractivity contribution in [3.63, 3.8) is 0 Å². The van der Waals surface area contributed by atoms with Crippen LogP contribution in [0.15, 0.2) is 82.3 Å². The van der Waals surface area contributed by atoms with Crippen LogP contribution in [-0.4, -0.2) is 28.1 Å². The van der Waals surface area contributed by atoms with Gasteiger partial charge in [-0.15, -0.1) is 0 Å². The van der Waals surface area contributed by atoms with Crippen molar-refractivity contribution in [2.45, 2.75) is 6.61 Å². The average Bonchev–Trinajstić information content (AvgIpc) is 3.27. The van der Waals surface area contributed by atoms with E-state index in [1.165, 1.54) is 42.6 Å². The first-order valence-corrected chi connectivity index (χ1v) is 9.96. The molecular weight excluding hydrogens is 442 g/mol. The molecule has 34 heavy (non-hydrogen) atoms. The molecule has 0 aliphatic heterocycles. The minimum Gasteiger partial charge on any atom is -0.488 e.